The number of rotatable bonds is 3. The van der Waals surface area contributed by atoms with Gasteiger partial charge in [0.25, 0.3) is 0 Å². The molecule has 1 N–H and O–H groups in total. The van der Waals surface area contributed by atoms with Crippen molar-refractivity contribution in [2.75, 3.05) is 6.61 Å². The fourth-order valence-corrected chi connectivity index (χ4v) is 3.79. The second kappa shape index (κ2) is 5.47. The lowest BCUT2D eigenvalue weighted by molar-refractivity contribution is 0.117. The van der Waals surface area contributed by atoms with Crippen molar-refractivity contribution < 1.29 is 13.2 Å². The van der Waals surface area contributed by atoms with Gasteiger partial charge in [0.2, 0.25) is 10.0 Å². The predicted molar refractivity (Wildman–Crippen MR) is 70.3 cm³/mol. The molecule has 1 fully saturated rings. The number of ether oxygens (including phenoxy) is 1. The van der Waals surface area contributed by atoms with Gasteiger partial charge in [0.05, 0.1) is 28.8 Å². The van der Waals surface area contributed by atoms with Crippen LogP contribution >= 0.6 is 11.6 Å². The third kappa shape index (κ3) is 3.07. The lowest BCUT2D eigenvalue weighted by Crippen LogP contribution is -2.39. The van der Waals surface area contributed by atoms with Crippen LogP contribution in [0.4, 0.5) is 0 Å². The standard InChI is InChI=1S/C12H13ClN2O3S/c1-8-11(4-5-18-8)15-19(16,17)12-6-9(7-14)2-3-10(12)13/h2-3,6,8,11,15H,4-5H2,1H3. The van der Waals surface area contributed by atoms with Crippen molar-refractivity contribution in [1.29, 1.82) is 5.26 Å². The van der Waals surface area contributed by atoms with Gasteiger partial charge >= 0.3 is 0 Å². The van der Waals surface area contributed by atoms with E-state index in [1.807, 2.05) is 13.0 Å². The van der Waals surface area contributed by atoms with E-state index in [0.29, 0.717) is 13.0 Å². The minimum atomic E-state index is -3.75. The van der Waals surface area contributed by atoms with Crippen LogP contribution < -0.4 is 4.72 Å². The average molecular weight is 301 g/mol. The van der Waals surface area contributed by atoms with Gasteiger partial charge in [0, 0.05) is 6.61 Å². The van der Waals surface area contributed by atoms with Crippen molar-refractivity contribution in [2.45, 2.75) is 30.4 Å². The molecule has 7 heteroatoms. The van der Waals surface area contributed by atoms with Crippen LogP contribution in [0.2, 0.25) is 5.02 Å². The quantitative estimate of drug-likeness (QED) is 0.921. The van der Waals surface area contributed by atoms with Crippen LogP contribution in [-0.2, 0) is 14.8 Å². The lowest BCUT2D eigenvalue weighted by atomic mass is 10.2. The van der Waals surface area contributed by atoms with Crippen LogP contribution in [-0.4, -0.2) is 27.2 Å². The maximum Gasteiger partial charge on any atom is 0.242 e. The summed E-state index contributed by atoms with van der Waals surface area (Å²) in [5, 5.41) is 8.91. The van der Waals surface area contributed by atoms with Crippen molar-refractivity contribution in [3.63, 3.8) is 0 Å². The summed E-state index contributed by atoms with van der Waals surface area (Å²) in [6.07, 6.45) is 0.448. The molecule has 0 saturated carbocycles. The van der Waals surface area contributed by atoms with Crippen LogP contribution in [0, 0.1) is 11.3 Å². The molecule has 1 aromatic rings. The van der Waals surface area contributed by atoms with Crippen molar-refractivity contribution in [3.05, 3.63) is 28.8 Å². The number of benzene rings is 1. The molecular weight excluding hydrogens is 288 g/mol. The lowest BCUT2D eigenvalue weighted by Gasteiger charge is -2.16. The maximum atomic E-state index is 12.3. The molecule has 0 aliphatic carbocycles. The number of nitriles is 1. The van der Waals surface area contributed by atoms with Gasteiger partial charge < -0.3 is 4.74 Å². The number of halogens is 1. The molecule has 1 aliphatic heterocycles. The van der Waals surface area contributed by atoms with Gasteiger partial charge in [0.15, 0.2) is 0 Å². The Morgan fingerprint density at radius 2 is 2.26 bits per heavy atom. The Balaban J connectivity index is 2.32. The van der Waals surface area contributed by atoms with Gasteiger partial charge in [-0.25, -0.2) is 13.1 Å². The summed E-state index contributed by atoms with van der Waals surface area (Å²) in [4.78, 5) is -0.0766. The van der Waals surface area contributed by atoms with E-state index >= 15 is 0 Å². The Morgan fingerprint density at radius 1 is 1.53 bits per heavy atom. The van der Waals surface area contributed by atoms with Crippen LogP contribution in [0.1, 0.15) is 18.9 Å². The molecule has 0 amide bonds. The maximum absolute atomic E-state index is 12.3. The molecule has 2 atom stereocenters. The van der Waals surface area contributed by atoms with Gasteiger partial charge in [-0.15, -0.1) is 0 Å². The number of hydrogen-bond acceptors (Lipinski definition) is 4. The zero-order valence-corrected chi connectivity index (χ0v) is 11.8. The Morgan fingerprint density at radius 3 is 2.84 bits per heavy atom. The Bertz CT molecular complexity index is 624. The van der Waals surface area contributed by atoms with E-state index in [9.17, 15) is 8.42 Å². The summed E-state index contributed by atoms with van der Waals surface area (Å²) >= 11 is 5.90. The predicted octanol–water partition coefficient (Wildman–Crippen LogP) is 1.67. The van der Waals surface area contributed by atoms with E-state index < -0.39 is 10.0 Å². The largest absolute Gasteiger partial charge is 0.377 e. The first-order valence-corrected chi connectivity index (χ1v) is 7.64. The minimum Gasteiger partial charge on any atom is -0.377 e. The first-order chi connectivity index (χ1) is 8.94. The topological polar surface area (TPSA) is 79.2 Å². The molecule has 1 aromatic carbocycles. The molecule has 102 valence electrons. The summed E-state index contributed by atoms with van der Waals surface area (Å²) < 4.78 is 32.4. The number of nitrogens with one attached hydrogen (secondary N) is 1. The van der Waals surface area contributed by atoms with Gasteiger partial charge in [0.1, 0.15) is 4.90 Å². The highest BCUT2D eigenvalue weighted by Gasteiger charge is 2.30. The molecule has 19 heavy (non-hydrogen) atoms. The van der Waals surface area contributed by atoms with E-state index in [1.165, 1.54) is 18.2 Å². The monoisotopic (exact) mass is 300 g/mol. The zero-order valence-electron chi connectivity index (χ0n) is 10.3. The molecule has 1 heterocycles. The van der Waals surface area contributed by atoms with E-state index in [2.05, 4.69) is 4.72 Å². The number of hydrogen-bond donors (Lipinski definition) is 1. The molecule has 2 rings (SSSR count). The van der Waals surface area contributed by atoms with E-state index in [0.717, 1.165) is 0 Å². The molecule has 1 aliphatic rings. The second-order valence-electron chi connectivity index (χ2n) is 4.35. The first kappa shape index (κ1) is 14.3. The van der Waals surface area contributed by atoms with Crippen molar-refractivity contribution in [3.8, 4) is 6.07 Å². The average Bonchev–Trinajstić information content (AvgIpc) is 2.75. The van der Waals surface area contributed by atoms with Gasteiger partial charge in [-0.2, -0.15) is 5.26 Å². The Labute approximate surface area is 117 Å². The molecule has 5 nitrogen and oxygen atoms in total. The molecular formula is C12H13ClN2O3S. The normalized spacial score (nSPS) is 23.2. The molecule has 0 radical (unpaired) electrons. The first-order valence-electron chi connectivity index (χ1n) is 5.77. The third-order valence-electron chi connectivity index (χ3n) is 3.03. The van der Waals surface area contributed by atoms with Crippen LogP contribution in [0.25, 0.3) is 0 Å². The van der Waals surface area contributed by atoms with Crippen LogP contribution in [0.5, 0.6) is 0 Å². The van der Waals surface area contributed by atoms with E-state index in [1.54, 1.807) is 0 Å². The van der Waals surface area contributed by atoms with Gasteiger partial charge in [-0.3, -0.25) is 0 Å². The van der Waals surface area contributed by atoms with E-state index in [-0.39, 0.29) is 27.6 Å². The minimum absolute atomic E-state index is 0.0766. The molecule has 2 unspecified atom stereocenters. The molecule has 0 bridgehead atoms. The summed E-state index contributed by atoms with van der Waals surface area (Å²) in [6.45, 7) is 2.34. The Hall–Kier alpha value is -1.13. The van der Waals surface area contributed by atoms with Crippen LogP contribution in [0.3, 0.4) is 0 Å². The fourth-order valence-electron chi connectivity index (χ4n) is 1.93. The van der Waals surface area contributed by atoms with Crippen molar-refractivity contribution >= 4 is 21.6 Å². The summed E-state index contributed by atoms with van der Waals surface area (Å²) in [5.74, 6) is 0. The zero-order chi connectivity index (χ0) is 14.0. The smallest absolute Gasteiger partial charge is 0.242 e. The van der Waals surface area contributed by atoms with Crippen molar-refractivity contribution in [2.24, 2.45) is 0 Å². The number of sulfonamides is 1. The summed E-state index contributed by atoms with van der Waals surface area (Å²) in [5.41, 5.74) is 0.250. The van der Waals surface area contributed by atoms with Crippen LogP contribution in [0.15, 0.2) is 23.1 Å². The third-order valence-corrected chi connectivity index (χ3v) is 5.00. The number of nitrogens with zero attached hydrogens (tertiary/aromatic N) is 1. The molecule has 0 spiro atoms. The SMILES string of the molecule is CC1OCCC1NS(=O)(=O)c1cc(C#N)ccc1Cl. The fraction of sp³-hybridized carbons (Fsp3) is 0.417. The molecule has 0 aromatic heterocycles. The van der Waals surface area contributed by atoms with E-state index in [4.69, 9.17) is 21.6 Å². The van der Waals surface area contributed by atoms with Gasteiger partial charge in [-0.05, 0) is 31.5 Å². The summed E-state index contributed by atoms with van der Waals surface area (Å²) in [7, 11) is -3.75. The highest BCUT2D eigenvalue weighted by atomic mass is 35.5. The van der Waals surface area contributed by atoms with Crippen molar-refractivity contribution in [1.82, 2.24) is 4.72 Å². The molecule has 1 saturated heterocycles. The highest BCUT2D eigenvalue weighted by molar-refractivity contribution is 7.89. The Kier molecular flexibility index (Phi) is 4.11. The highest BCUT2D eigenvalue weighted by Crippen LogP contribution is 2.24. The summed E-state index contributed by atoms with van der Waals surface area (Å²) in [6, 6.07) is 5.77. The van der Waals surface area contributed by atoms with Gasteiger partial charge in [-0.1, -0.05) is 11.6 Å². The second-order valence-corrected chi connectivity index (χ2v) is 6.44.